The molecule has 0 radical (unpaired) electrons. The van der Waals surface area contributed by atoms with E-state index < -0.39 is 23.8 Å². The smallest absolute Gasteiger partial charge is 0.317 e. The van der Waals surface area contributed by atoms with E-state index in [4.69, 9.17) is 9.47 Å². The Morgan fingerprint density at radius 2 is 1.02 bits per heavy atom. The van der Waals surface area contributed by atoms with Gasteiger partial charge >= 0.3 is 11.9 Å². The maximum atomic E-state index is 12.7. The first-order valence-corrected chi connectivity index (χ1v) is 19.0. The van der Waals surface area contributed by atoms with Crippen LogP contribution in [0.3, 0.4) is 0 Å². The minimum atomic E-state index is -0.769. The quantitative estimate of drug-likeness (QED) is 0.130. The van der Waals surface area contributed by atoms with Crippen LogP contribution in [0.1, 0.15) is 59.4 Å². The summed E-state index contributed by atoms with van der Waals surface area (Å²) in [6.45, 7) is 4.06. The molecule has 10 heteroatoms. The molecule has 2 heterocycles. The Kier molecular flexibility index (Phi) is 12.5. The summed E-state index contributed by atoms with van der Waals surface area (Å²) in [5, 5.41) is 3.97. The molecule has 2 aliphatic rings. The van der Waals surface area contributed by atoms with Gasteiger partial charge in [0.05, 0.1) is 13.2 Å². The number of ketones is 2. The minimum absolute atomic E-state index is 0.177. The second kappa shape index (κ2) is 16.8. The number of hydrogen-bond acceptors (Lipinski definition) is 8. The molecule has 2 aliphatic carbocycles. The van der Waals surface area contributed by atoms with E-state index in [-0.39, 0.29) is 36.6 Å². The maximum absolute atomic E-state index is 12.7. The molecule has 0 saturated heterocycles. The van der Waals surface area contributed by atoms with E-state index in [0.29, 0.717) is 12.8 Å². The van der Waals surface area contributed by atoms with Crippen LogP contribution in [0.25, 0.3) is 11.1 Å². The Bertz CT molecular complexity index is 1690. The fourth-order valence-corrected chi connectivity index (χ4v) is 9.47. The Balaban J connectivity index is 0.000000188. The molecular weight excluding hydrogens is 776 g/mol. The molecule has 0 spiro atoms. The van der Waals surface area contributed by atoms with E-state index in [2.05, 4.69) is 31.9 Å². The highest BCUT2D eigenvalue weighted by Crippen LogP contribution is 2.44. The molecule has 6 rings (SSSR count). The summed E-state index contributed by atoms with van der Waals surface area (Å²) >= 11 is 10.3. The van der Waals surface area contributed by atoms with Crippen LogP contribution >= 0.6 is 54.5 Å². The summed E-state index contributed by atoms with van der Waals surface area (Å²) in [5.74, 6) is -3.16. The van der Waals surface area contributed by atoms with Crippen molar-refractivity contribution in [1.82, 2.24) is 0 Å². The van der Waals surface area contributed by atoms with Crippen molar-refractivity contribution in [3.8, 4) is 0 Å². The summed E-state index contributed by atoms with van der Waals surface area (Å²) in [6, 6.07) is 23.4. The maximum Gasteiger partial charge on any atom is 0.317 e. The zero-order chi connectivity index (χ0) is 34.2. The van der Waals surface area contributed by atoms with Gasteiger partial charge in [0.1, 0.15) is 11.8 Å². The third-order valence-electron chi connectivity index (χ3n) is 8.28. The molecule has 0 N–H and O–H groups in total. The molecule has 6 nitrogen and oxygen atoms in total. The summed E-state index contributed by atoms with van der Waals surface area (Å²) in [5.41, 5.74) is 3.91. The predicted molar refractivity (Wildman–Crippen MR) is 198 cm³/mol. The largest absolute Gasteiger partial charge is 0.465 e. The standard InChI is InChI=1S/2C19H17BrO3S/c2*1-2-23-19(22)17-14(12-6-4-3-5-7-12)10-13(11-16(17)21)18-15(20)8-9-24-18/h2*3-9,11,14,17H,2,10H2,1H3/t2*14-,17-/m10/s1. The first-order valence-electron chi connectivity index (χ1n) is 15.6. The van der Waals surface area contributed by atoms with Crippen LogP contribution in [0, 0.1) is 11.8 Å². The lowest BCUT2D eigenvalue weighted by molar-refractivity contribution is -0.153. The second-order valence-electron chi connectivity index (χ2n) is 11.2. The van der Waals surface area contributed by atoms with Gasteiger partial charge in [-0.05, 0) is 116 Å². The molecule has 0 unspecified atom stereocenters. The van der Waals surface area contributed by atoms with Gasteiger partial charge in [-0.15, -0.1) is 22.7 Å². The summed E-state index contributed by atoms with van der Waals surface area (Å²) in [7, 11) is 0. The molecule has 0 aliphatic heterocycles. The fraction of sp³-hybridized carbons (Fsp3) is 0.263. The number of hydrogen-bond donors (Lipinski definition) is 0. The molecule has 0 saturated carbocycles. The molecular formula is C38H34Br2O6S2. The molecule has 0 bridgehead atoms. The van der Waals surface area contributed by atoms with Gasteiger partial charge in [-0.1, -0.05) is 60.7 Å². The summed E-state index contributed by atoms with van der Waals surface area (Å²) in [4.78, 5) is 52.3. The lowest BCUT2D eigenvalue weighted by Gasteiger charge is -2.29. The number of carbonyl (C=O) groups excluding carboxylic acids is 4. The zero-order valence-corrected chi connectivity index (χ0v) is 31.2. The van der Waals surface area contributed by atoms with Crippen LogP contribution in [0.4, 0.5) is 0 Å². The number of carbonyl (C=O) groups is 4. The molecule has 0 amide bonds. The highest BCUT2D eigenvalue weighted by molar-refractivity contribution is 9.11. The number of ether oxygens (including phenoxy) is 2. The van der Waals surface area contributed by atoms with Crippen LogP contribution in [0.2, 0.25) is 0 Å². The van der Waals surface area contributed by atoms with E-state index in [0.717, 1.165) is 41.0 Å². The zero-order valence-electron chi connectivity index (χ0n) is 26.4. The van der Waals surface area contributed by atoms with Crippen molar-refractivity contribution >= 4 is 89.2 Å². The van der Waals surface area contributed by atoms with Gasteiger partial charge in [0.2, 0.25) is 0 Å². The monoisotopic (exact) mass is 808 g/mol. The first kappa shape index (κ1) is 35.9. The van der Waals surface area contributed by atoms with Crippen molar-refractivity contribution in [2.75, 3.05) is 13.2 Å². The van der Waals surface area contributed by atoms with Gasteiger partial charge in [-0.25, -0.2) is 0 Å². The molecule has 48 heavy (non-hydrogen) atoms. The average Bonchev–Trinajstić information content (AvgIpc) is 3.72. The first-order chi connectivity index (χ1) is 23.2. The number of halogens is 2. The number of benzene rings is 2. The third kappa shape index (κ3) is 8.22. The summed E-state index contributed by atoms with van der Waals surface area (Å²) in [6.07, 6.45) is 4.49. The topological polar surface area (TPSA) is 86.7 Å². The Morgan fingerprint density at radius 3 is 1.33 bits per heavy atom. The average molecular weight is 811 g/mol. The van der Waals surface area contributed by atoms with Gasteiger partial charge in [0, 0.05) is 30.5 Å². The van der Waals surface area contributed by atoms with Crippen LogP contribution in [-0.4, -0.2) is 36.7 Å². The van der Waals surface area contributed by atoms with Crippen LogP contribution < -0.4 is 0 Å². The van der Waals surface area contributed by atoms with Crippen LogP contribution in [-0.2, 0) is 28.7 Å². The van der Waals surface area contributed by atoms with Gasteiger partial charge in [-0.3, -0.25) is 19.2 Å². The Labute approximate surface area is 305 Å². The van der Waals surface area contributed by atoms with E-state index in [9.17, 15) is 19.2 Å². The van der Waals surface area contributed by atoms with Gasteiger partial charge in [-0.2, -0.15) is 0 Å². The Morgan fingerprint density at radius 1 is 0.646 bits per heavy atom. The highest BCUT2D eigenvalue weighted by Gasteiger charge is 2.41. The van der Waals surface area contributed by atoms with Crippen molar-refractivity contribution in [2.45, 2.75) is 38.5 Å². The molecule has 4 aromatic rings. The molecule has 4 atom stereocenters. The number of esters is 2. The fourth-order valence-electron chi connectivity index (χ4n) is 6.16. The number of rotatable bonds is 8. The van der Waals surface area contributed by atoms with Gasteiger partial charge in [0.25, 0.3) is 0 Å². The van der Waals surface area contributed by atoms with Gasteiger partial charge in [0.15, 0.2) is 11.6 Å². The Hall–Kier alpha value is -3.44. The van der Waals surface area contributed by atoms with Crippen LogP contribution in [0.15, 0.2) is 105 Å². The van der Waals surface area contributed by atoms with Crippen molar-refractivity contribution in [1.29, 1.82) is 0 Å². The normalized spacial score (nSPS) is 20.6. The molecule has 0 fully saturated rings. The molecule has 2 aromatic heterocycles. The SMILES string of the molecule is CCOC(=O)[C@@H]1C(=O)C=C(c2sccc2Br)C[C@H]1c1ccccc1.CCOC(=O)[C@H]1C(=O)C=C(c2sccc2Br)C[C@@H]1c1ccccc1. The van der Waals surface area contributed by atoms with Crippen molar-refractivity contribution in [2.24, 2.45) is 11.8 Å². The lowest BCUT2D eigenvalue weighted by Crippen LogP contribution is -2.33. The van der Waals surface area contributed by atoms with Crippen LogP contribution in [0.5, 0.6) is 0 Å². The highest BCUT2D eigenvalue weighted by atomic mass is 79.9. The van der Waals surface area contributed by atoms with E-state index in [1.54, 1.807) is 48.7 Å². The van der Waals surface area contributed by atoms with E-state index in [1.807, 2.05) is 83.6 Å². The van der Waals surface area contributed by atoms with Crippen molar-refractivity contribution in [3.63, 3.8) is 0 Å². The predicted octanol–water partition coefficient (Wildman–Crippen LogP) is 9.66. The molecule has 2 aromatic carbocycles. The second-order valence-corrected chi connectivity index (χ2v) is 14.8. The van der Waals surface area contributed by atoms with E-state index >= 15 is 0 Å². The minimum Gasteiger partial charge on any atom is -0.465 e. The van der Waals surface area contributed by atoms with Crippen molar-refractivity contribution in [3.05, 3.63) is 126 Å². The van der Waals surface area contributed by atoms with Gasteiger partial charge < -0.3 is 9.47 Å². The number of allylic oxidation sites excluding steroid dienone is 4. The molecule has 248 valence electrons. The number of thiophene rings is 2. The third-order valence-corrected chi connectivity index (χ3v) is 12.1. The summed E-state index contributed by atoms with van der Waals surface area (Å²) < 4.78 is 12.3. The van der Waals surface area contributed by atoms with Crippen molar-refractivity contribution < 1.29 is 28.7 Å². The lowest BCUT2D eigenvalue weighted by atomic mass is 9.74. The van der Waals surface area contributed by atoms with E-state index in [1.165, 1.54) is 0 Å².